The smallest absolute Gasteiger partial charge is 0.410 e. The summed E-state index contributed by atoms with van der Waals surface area (Å²) >= 11 is 0. The van der Waals surface area contributed by atoms with Crippen LogP contribution in [0.4, 0.5) is 4.79 Å². The minimum absolute atomic E-state index is 0.270. The average molecular weight is 305 g/mol. The third-order valence-corrected chi connectivity index (χ3v) is 3.32. The molecule has 1 fully saturated rings. The molecule has 0 unspecified atom stereocenters. The predicted molar refractivity (Wildman–Crippen MR) is 77.0 cm³/mol. The topological polar surface area (TPSA) is 81.6 Å². The van der Waals surface area contributed by atoms with E-state index in [1.165, 1.54) is 0 Å². The average Bonchev–Trinajstić information content (AvgIpc) is 3.01. The van der Waals surface area contributed by atoms with Crippen LogP contribution in [0.25, 0.3) is 11.4 Å². The normalized spacial score (nSPS) is 15.7. The summed E-state index contributed by atoms with van der Waals surface area (Å²) in [6.07, 6.45) is 3.52. The summed E-state index contributed by atoms with van der Waals surface area (Å²) in [5.74, 6) is 1.42. The number of carbonyl (C=O) groups is 1. The molecule has 118 valence electrons. The molecule has 3 heterocycles. The van der Waals surface area contributed by atoms with Gasteiger partial charge in [0.2, 0.25) is 11.7 Å². The van der Waals surface area contributed by atoms with Crippen molar-refractivity contribution >= 4 is 6.09 Å². The summed E-state index contributed by atoms with van der Waals surface area (Å²) in [6, 6.07) is 1.78. The number of hydrogen-bond donors (Lipinski definition) is 0. The van der Waals surface area contributed by atoms with Crippen molar-refractivity contribution in [2.24, 2.45) is 5.92 Å². The maximum atomic E-state index is 11.8. The molecule has 1 saturated heterocycles. The van der Waals surface area contributed by atoms with Gasteiger partial charge < -0.3 is 18.6 Å². The molecule has 7 nitrogen and oxygen atoms in total. The zero-order valence-electron chi connectivity index (χ0n) is 12.9. The molecule has 7 heteroatoms. The van der Waals surface area contributed by atoms with Gasteiger partial charge in [0.25, 0.3) is 0 Å². The lowest BCUT2D eigenvalue weighted by Crippen LogP contribution is -2.52. The highest BCUT2D eigenvalue weighted by Gasteiger charge is 2.34. The molecule has 0 N–H and O–H groups in total. The van der Waals surface area contributed by atoms with Crippen molar-refractivity contribution < 1.29 is 18.5 Å². The van der Waals surface area contributed by atoms with Gasteiger partial charge in [-0.3, -0.25) is 0 Å². The Morgan fingerprint density at radius 1 is 1.45 bits per heavy atom. The van der Waals surface area contributed by atoms with Crippen molar-refractivity contribution in [1.82, 2.24) is 15.0 Å². The van der Waals surface area contributed by atoms with Crippen LogP contribution in [0.2, 0.25) is 0 Å². The summed E-state index contributed by atoms with van der Waals surface area (Å²) in [7, 11) is 0. The molecule has 1 amide bonds. The van der Waals surface area contributed by atoms with Gasteiger partial charge in [0.15, 0.2) is 0 Å². The third kappa shape index (κ3) is 3.29. The van der Waals surface area contributed by atoms with Crippen LogP contribution in [-0.4, -0.2) is 39.8 Å². The van der Waals surface area contributed by atoms with Crippen LogP contribution in [0.3, 0.4) is 0 Å². The molecule has 0 atom stereocenters. The molecular weight excluding hydrogens is 286 g/mol. The highest BCUT2D eigenvalue weighted by molar-refractivity contribution is 5.69. The van der Waals surface area contributed by atoms with Crippen molar-refractivity contribution in [2.45, 2.75) is 32.8 Å². The Balaban J connectivity index is 1.49. The van der Waals surface area contributed by atoms with Gasteiger partial charge in [0.1, 0.15) is 11.9 Å². The number of aromatic nitrogens is 2. The second-order valence-corrected chi connectivity index (χ2v) is 6.48. The fourth-order valence-electron chi connectivity index (χ4n) is 2.27. The van der Waals surface area contributed by atoms with Gasteiger partial charge in [-0.05, 0) is 26.8 Å². The lowest BCUT2D eigenvalue weighted by molar-refractivity contribution is -0.00186. The number of hydrogen-bond acceptors (Lipinski definition) is 6. The molecular formula is C15H19N3O4. The standard InChI is InChI=1S/C15H19N3O4/c1-15(2,3)21-14(19)18-7-10(8-18)6-12-16-13(17-22-12)11-4-5-20-9-11/h4-5,9-10H,6-8H2,1-3H3. The second kappa shape index (κ2) is 5.47. The monoisotopic (exact) mass is 305 g/mol. The van der Waals surface area contributed by atoms with Gasteiger partial charge in [-0.15, -0.1) is 0 Å². The molecule has 0 aromatic carbocycles. The summed E-state index contributed by atoms with van der Waals surface area (Å²) in [6.45, 7) is 6.88. The van der Waals surface area contributed by atoms with Gasteiger partial charge in [0, 0.05) is 25.4 Å². The minimum Gasteiger partial charge on any atom is -0.472 e. The number of furan rings is 1. The molecule has 22 heavy (non-hydrogen) atoms. The fourth-order valence-corrected chi connectivity index (χ4v) is 2.27. The number of likely N-dealkylation sites (tertiary alicyclic amines) is 1. The SMILES string of the molecule is CC(C)(C)OC(=O)N1CC(Cc2nc(-c3ccoc3)no2)C1. The molecule has 3 rings (SSSR count). The van der Waals surface area contributed by atoms with Crippen LogP contribution in [0.15, 0.2) is 27.5 Å². The number of carbonyl (C=O) groups excluding carboxylic acids is 1. The van der Waals surface area contributed by atoms with E-state index in [-0.39, 0.29) is 6.09 Å². The van der Waals surface area contributed by atoms with Crippen molar-refractivity contribution in [3.05, 3.63) is 24.5 Å². The second-order valence-electron chi connectivity index (χ2n) is 6.48. The summed E-state index contributed by atoms with van der Waals surface area (Å²) < 4.78 is 15.5. The first kappa shape index (κ1) is 14.6. The van der Waals surface area contributed by atoms with Gasteiger partial charge in [0.05, 0.1) is 11.8 Å². The van der Waals surface area contributed by atoms with Crippen LogP contribution in [-0.2, 0) is 11.2 Å². The molecule has 0 bridgehead atoms. The Labute approximate surface area is 128 Å². The number of amides is 1. The maximum Gasteiger partial charge on any atom is 0.410 e. The highest BCUT2D eigenvalue weighted by Crippen LogP contribution is 2.23. The molecule has 0 spiro atoms. The van der Waals surface area contributed by atoms with Gasteiger partial charge in [-0.25, -0.2) is 4.79 Å². The third-order valence-electron chi connectivity index (χ3n) is 3.32. The molecule has 2 aromatic rings. The van der Waals surface area contributed by atoms with Crippen molar-refractivity contribution in [3.8, 4) is 11.4 Å². The van der Waals surface area contributed by atoms with E-state index in [4.69, 9.17) is 13.7 Å². The first-order valence-corrected chi connectivity index (χ1v) is 7.24. The largest absolute Gasteiger partial charge is 0.472 e. The van der Waals surface area contributed by atoms with E-state index in [1.807, 2.05) is 20.8 Å². The summed E-state index contributed by atoms with van der Waals surface area (Å²) in [5.41, 5.74) is 0.327. The van der Waals surface area contributed by atoms with E-state index in [1.54, 1.807) is 23.5 Å². The highest BCUT2D eigenvalue weighted by atomic mass is 16.6. The number of nitrogens with zero attached hydrogens (tertiary/aromatic N) is 3. The fraction of sp³-hybridized carbons (Fsp3) is 0.533. The van der Waals surface area contributed by atoms with E-state index >= 15 is 0 Å². The van der Waals surface area contributed by atoms with E-state index in [9.17, 15) is 4.79 Å². The molecule has 1 aliphatic rings. The summed E-state index contributed by atoms with van der Waals surface area (Å²) in [4.78, 5) is 17.9. The molecule has 0 radical (unpaired) electrons. The Hall–Kier alpha value is -2.31. The zero-order valence-corrected chi connectivity index (χ0v) is 12.9. The van der Waals surface area contributed by atoms with E-state index in [0.29, 0.717) is 37.1 Å². The van der Waals surface area contributed by atoms with Crippen molar-refractivity contribution in [3.63, 3.8) is 0 Å². The minimum atomic E-state index is -0.464. The molecule has 1 aliphatic heterocycles. The quantitative estimate of drug-likeness (QED) is 0.867. The summed E-state index contributed by atoms with van der Waals surface area (Å²) in [5, 5.41) is 3.92. The Bertz CT molecular complexity index is 636. The van der Waals surface area contributed by atoms with Gasteiger partial charge >= 0.3 is 6.09 Å². The van der Waals surface area contributed by atoms with Crippen LogP contribution in [0.1, 0.15) is 26.7 Å². The Kier molecular flexibility index (Phi) is 3.64. The van der Waals surface area contributed by atoms with Gasteiger partial charge in [-0.1, -0.05) is 5.16 Å². The number of rotatable bonds is 3. The van der Waals surface area contributed by atoms with Crippen molar-refractivity contribution in [2.75, 3.05) is 13.1 Å². The molecule has 0 aliphatic carbocycles. The van der Waals surface area contributed by atoms with E-state index in [0.717, 1.165) is 5.56 Å². The van der Waals surface area contributed by atoms with Crippen LogP contribution < -0.4 is 0 Å². The first-order chi connectivity index (χ1) is 10.4. The van der Waals surface area contributed by atoms with Crippen LogP contribution >= 0.6 is 0 Å². The van der Waals surface area contributed by atoms with E-state index in [2.05, 4.69) is 10.1 Å². The maximum absolute atomic E-state index is 11.8. The molecule has 0 saturated carbocycles. The van der Waals surface area contributed by atoms with Crippen molar-refractivity contribution in [1.29, 1.82) is 0 Å². The molecule has 2 aromatic heterocycles. The number of ether oxygens (including phenoxy) is 1. The van der Waals surface area contributed by atoms with E-state index < -0.39 is 5.60 Å². The van der Waals surface area contributed by atoms with Crippen LogP contribution in [0, 0.1) is 5.92 Å². The zero-order chi connectivity index (χ0) is 15.7. The Morgan fingerprint density at radius 2 is 2.23 bits per heavy atom. The first-order valence-electron chi connectivity index (χ1n) is 7.24. The van der Waals surface area contributed by atoms with Crippen LogP contribution in [0.5, 0.6) is 0 Å². The predicted octanol–water partition coefficient (Wildman–Crippen LogP) is 2.74. The Morgan fingerprint density at radius 3 is 2.86 bits per heavy atom. The van der Waals surface area contributed by atoms with Gasteiger partial charge in [-0.2, -0.15) is 4.98 Å². The lowest BCUT2D eigenvalue weighted by Gasteiger charge is -2.39. The lowest BCUT2D eigenvalue weighted by atomic mass is 9.97.